The molecule has 3 aliphatic rings. The van der Waals surface area contributed by atoms with Gasteiger partial charge in [-0.3, -0.25) is 9.52 Å². The summed E-state index contributed by atoms with van der Waals surface area (Å²) in [5.74, 6) is 1.57. The average molecular weight is 569 g/mol. The highest BCUT2D eigenvalue weighted by molar-refractivity contribution is 7.98. The zero-order chi connectivity index (χ0) is 27.4. The first kappa shape index (κ1) is 28.4. The monoisotopic (exact) mass is 568 g/mol. The number of hydrogen-bond acceptors (Lipinski definition) is 5. The van der Waals surface area contributed by atoms with E-state index >= 15 is 0 Å². The number of carbonyl (C=O) groups is 1. The van der Waals surface area contributed by atoms with Gasteiger partial charge in [0.05, 0.1) is 18.4 Å². The Hall–Kier alpha value is -2.15. The second-order valence-electron chi connectivity index (χ2n) is 11.3. The first-order valence-electron chi connectivity index (χ1n) is 14.6. The Bertz CT molecular complexity index is 1190. The zero-order valence-corrected chi connectivity index (χ0v) is 24.6. The first-order valence-corrected chi connectivity index (χ1v) is 15.8. The van der Waals surface area contributed by atoms with Crippen molar-refractivity contribution in [1.29, 1.82) is 0 Å². The number of nitrogens with one attached hydrogen (secondary N) is 1. The molecular weight excluding hydrogens is 528 g/mol. The van der Waals surface area contributed by atoms with Crippen molar-refractivity contribution in [1.82, 2.24) is 4.72 Å². The molecule has 0 spiro atoms. The lowest BCUT2D eigenvalue weighted by Gasteiger charge is -2.42. The molecule has 1 aliphatic carbocycles. The number of carbonyl (C=O) groups excluding carboxylic acids is 1. The quantitative estimate of drug-likeness (QED) is 0.302. The third-order valence-electron chi connectivity index (χ3n) is 8.64. The largest absolute Gasteiger partial charge is 0.491 e. The number of rotatable bonds is 4. The molecule has 5 atom stereocenters. The highest BCUT2D eigenvalue weighted by Crippen LogP contribution is 2.42. The van der Waals surface area contributed by atoms with E-state index < -0.39 is 6.10 Å². The zero-order valence-electron chi connectivity index (χ0n) is 23.1. The number of aryl methyl sites for hydroxylation is 1. The van der Waals surface area contributed by atoms with Gasteiger partial charge in [-0.05, 0) is 104 Å². The van der Waals surface area contributed by atoms with Crippen LogP contribution in [0.5, 0.6) is 5.75 Å². The van der Waals surface area contributed by atoms with E-state index in [-0.39, 0.29) is 17.7 Å². The number of aliphatic hydroxyl groups excluding tert-OH is 1. The molecule has 5 rings (SSSR count). The van der Waals surface area contributed by atoms with Crippen molar-refractivity contribution in [3.8, 4) is 5.75 Å². The standard InChI is InChI=1S/C32H41ClN2O3S/c1-3-7-21-16-25(33)12-14-27(21)24-19-35-18-23-10-13-28(23)30(36)9-6-5-8-26(4-2)39-34-32(37)22-11-15-31(38-20-24)29(35)17-22/h6,9,11-12,14-17,23-24,26,28,30,36H,3-5,7-8,10,13,18-20H2,1-2H3,(H,34,37)/b9-6+. The number of benzene rings is 2. The fourth-order valence-corrected chi connectivity index (χ4v) is 7.22. The molecule has 5 unspecified atom stereocenters. The van der Waals surface area contributed by atoms with Crippen LogP contribution in [0.15, 0.2) is 48.6 Å². The Morgan fingerprint density at radius 1 is 1.13 bits per heavy atom. The number of halogens is 1. The van der Waals surface area contributed by atoms with Crippen LogP contribution in [0.3, 0.4) is 0 Å². The molecule has 2 N–H and O–H groups in total. The molecule has 7 heteroatoms. The van der Waals surface area contributed by atoms with E-state index in [1.807, 2.05) is 30.3 Å². The molecule has 2 aromatic carbocycles. The molecule has 0 saturated heterocycles. The summed E-state index contributed by atoms with van der Waals surface area (Å²) in [6, 6.07) is 12.1. The van der Waals surface area contributed by atoms with Gasteiger partial charge in [0.2, 0.25) is 0 Å². The summed E-state index contributed by atoms with van der Waals surface area (Å²) >= 11 is 7.90. The van der Waals surface area contributed by atoms with E-state index in [9.17, 15) is 9.90 Å². The second kappa shape index (κ2) is 13.0. The van der Waals surface area contributed by atoms with Crippen molar-refractivity contribution in [2.45, 2.75) is 76.1 Å². The maximum atomic E-state index is 13.2. The van der Waals surface area contributed by atoms with Crippen molar-refractivity contribution in [2.24, 2.45) is 11.8 Å². The van der Waals surface area contributed by atoms with Gasteiger partial charge in [0.1, 0.15) is 5.75 Å². The minimum Gasteiger partial charge on any atom is -0.491 e. The van der Waals surface area contributed by atoms with Gasteiger partial charge in [-0.25, -0.2) is 0 Å². The maximum absolute atomic E-state index is 13.2. The van der Waals surface area contributed by atoms with Gasteiger partial charge < -0.3 is 14.7 Å². The van der Waals surface area contributed by atoms with Crippen LogP contribution < -0.4 is 14.4 Å². The normalized spacial score (nSPS) is 28.4. The molecule has 0 radical (unpaired) electrons. The van der Waals surface area contributed by atoms with E-state index in [2.05, 4.69) is 41.7 Å². The summed E-state index contributed by atoms with van der Waals surface area (Å²) in [7, 11) is 0. The molecule has 210 valence electrons. The van der Waals surface area contributed by atoms with Crippen LogP contribution in [0, 0.1) is 11.8 Å². The third kappa shape index (κ3) is 6.61. The Morgan fingerprint density at radius 3 is 2.77 bits per heavy atom. The molecule has 1 fully saturated rings. The lowest BCUT2D eigenvalue weighted by molar-refractivity contribution is 0.0461. The van der Waals surface area contributed by atoms with Crippen LogP contribution in [0.1, 0.15) is 79.8 Å². The Balaban J connectivity index is 1.49. The van der Waals surface area contributed by atoms with Crippen LogP contribution in [0.4, 0.5) is 5.69 Å². The van der Waals surface area contributed by atoms with Crippen molar-refractivity contribution in [2.75, 3.05) is 24.6 Å². The average Bonchev–Trinajstić information content (AvgIpc) is 3.09. The highest BCUT2D eigenvalue weighted by Gasteiger charge is 2.38. The fraction of sp³-hybridized carbons (Fsp3) is 0.531. The smallest absolute Gasteiger partial charge is 0.261 e. The van der Waals surface area contributed by atoms with Gasteiger partial charge >= 0.3 is 0 Å². The van der Waals surface area contributed by atoms with E-state index in [1.54, 1.807) is 0 Å². The first-order chi connectivity index (χ1) is 19.0. The predicted molar refractivity (Wildman–Crippen MR) is 162 cm³/mol. The third-order valence-corrected chi connectivity index (χ3v) is 10.1. The number of ether oxygens (including phenoxy) is 1. The summed E-state index contributed by atoms with van der Waals surface area (Å²) < 4.78 is 9.53. The topological polar surface area (TPSA) is 61.8 Å². The summed E-state index contributed by atoms with van der Waals surface area (Å²) in [5.41, 5.74) is 4.19. The SMILES string of the molecule is CCCc1cc(Cl)ccc1C1COc2ccc3cc2N(C1)CC1CCC1C(O)/C=C/CCC(CC)SNC3=O. The summed E-state index contributed by atoms with van der Waals surface area (Å²) in [6.07, 6.45) is 10.7. The van der Waals surface area contributed by atoms with Gasteiger partial charge in [-0.2, -0.15) is 0 Å². The van der Waals surface area contributed by atoms with Crippen molar-refractivity contribution in [3.05, 3.63) is 70.3 Å². The van der Waals surface area contributed by atoms with E-state index in [0.717, 1.165) is 74.5 Å². The maximum Gasteiger partial charge on any atom is 0.261 e. The van der Waals surface area contributed by atoms with Crippen molar-refractivity contribution in [3.63, 3.8) is 0 Å². The molecular formula is C32H41ClN2O3S. The van der Waals surface area contributed by atoms with Gasteiger partial charge in [0.25, 0.3) is 5.91 Å². The molecule has 0 aromatic heterocycles. The fourth-order valence-electron chi connectivity index (χ4n) is 6.21. The summed E-state index contributed by atoms with van der Waals surface area (Å²) in [4.78, 5) is 15.6. The molecule has 1 saturated carbocycles. The van der Waals surface area contributed by atoms with E-state index in [1.165, 1.54) is 23.1 Å². The van der Waals surface area contributed by atoms with E-state index in [4.69, 9.17) is 16.3 Å². The van der Waals surface area contributed by atoms with Gasteiger partial charge in [0, 0.05) is 34.8 Å². The molecule has 2 aromatic rings. The molecule has 1 amide bonds. The number of hydrogen-bond donors (Lipinski definition) is 2. The number of amides is 1. The molecule has 2 bridgehead atoms. The molecule has 5 nitrogen and oxygen atoms in total. The molecule has 2 heterocycles. The van der Waals surface area contributed by atoms with Crippen LogP contribution in [-0.4, -0.2) is 42.1 Å². The van der Waals surface area contributed by atoms with Crippen LogP contribution >= 0.6 is 23.5 Å². The van der Waals surface area contributed by atoms with Gasteiger partial charge in [-0.15, -0.1) is 0 Å². The summed E-state index contributed by atoms with van der Waals surface area (Å²) in [6.45, 7) is 6.54. The minimum atomic E-state index is -0.415. The molecule has 39 heavy (non-hydrogen) atoms. The lowest BCUT2D eigenvalue weighted by atomic mass is 9.70. The van der Waals surface area contributed by atoms with Crippen molar-refractivity contribution < 1.29 is 14.6 Å². The number of nitrogens with zero attached hydrogens (tertiary/aromatic N) is 1. The van der Waals surface area contributed by atoms with Crippen LogP contribution in [-0.2, 0) is 6.42 Å². The minimum absolute atomic E-state index is 0.0653. The lowest BCUT2D eigenvalue weighted by Crippen LogP contribution is -2.44. The Kier molecular flexibility index (Phi) is 9.47. The number of anilines is 1. The predicted octanol–water partition coefficient (Wildman–Crippen LogP) is 7.17. The van der Waals surface area contributed by atoms with E-state index in [0.29, 0.717) is 23.3 Å². The van der Waals surface area contributed by atoms with Crippen LogP contribution in [0.25, 0.3) is 0 Å². The number of aliphatic hydroxyl groups is 1. The molecule has 2 aliphatic heterocycles. The highest BCUT2D eigenvalue weighted by atomic mass is 35.5. The summed E-state index contributed by atoms with van der Waals surface area (Å²) in [5, 5.41) is 12.1. The Morgan fingerprint density at radius 2 is 2.00 bits per heavy atom. The van der Waals surface area contributed by atoms with Gasteiger partial charge in [0.15, 0.2) is 0 Å². The van der Waals surface area contributed by atoms with Crippen molar-refractivity contribution >= 4 is 35.1 Å². The second-order valence-corrected chi connectivity index (χ2v) is 12.8. The number of fused-ring (bicyclic) bond motifs is 2. The van der Waals surface area contributed by atoms with Gasteiger partial charge in [-0.1, -0.05) is 50.1 Å². The van der Waals surface area contributed by atoms with Crippen LogP contribution in [0.2, 0.25) is 5.02 Å². The Labute approximate surface area is 242 Å². The number of allylic oxidation sites excluding steroid dienone is 1.